The number of nitrogens with one attached hydrogen (secondary N) is 1. The van der Waals surface area contributed by atoms with Gasteiger partial charge in [0.2, 0.25) is 0 Å². The van der Waals surface area contributed by atoms with E-state index in [1.807, 2.05) is 12.1 Å². The van der Waals surface area contributed by atoms with Crippen LogP contribution in [-0.2, 0) is 17.6 Å². The van der Waals surface area contributed by atoms with E-state index >= 15 is 0 Å². The number of aryl methyl sites for hydroxylation is 1. The second-order valence-corrected chi connectivity index (χ2v) is 5.10. The molecule has 116 valence electrons. The van der Waals surface area contributed by atoms with Crippen molar-refractivity contribution in [1.82, 2.24) is 9.55 Å². The van der Waals surface area contributed by atoms with Gasteiger partial charge in [-0.1, -0.05) is 25.5 Å². The summed E-state index contributed by atoms with van der Waals surface area (Å²) in [5.41, 5.74) is 0.422. The number of aromatic amines is 1. The molecule has 0 saturated carbocycles. The fourth-order valence-electron chi connectivity index (χ4n) is 2.23. The normalized spacial score (nSPS) is 10.6. The van der Waals surface area contributed by atoms with E-state index < -0.39 is 23.6 Å². The standard InChI is InChI=1S/C16H18N2O4/c1-2-3-4-11-5-7-13(8-6-11)18-15(21)12(9-14(19)20)10-17-16(18)22/h5-8,10H,2-4,9H2,1H3,(H,17,22)(H,19,20). The number of carbonyl (C=O) groups is 1. The first kappa shape index (κ1) is 15.8. The molecular formula is C16H18N2O4. The topological polar surface area (TPSA) is 92.2 Å². The highest BCUT2D eigenvalue weighted by Gasteiger charge is 2.11. The highest BCUT2D eigenvalue weighted by molar-refractivity contribution is 5.69. The predicted molar refractivity (Wildman–Crippen MR) is 82.6 cm³/mol. The Balaban J connectivity index is 2.41. The molecule has 0 spiro atoms. The van der Waals surface area contributed by atoms with Crippen molar-refractivity contribution in [2.24, 2.45) is 0 Å². The Hall–Kier alpha value is -2.63. The van der Waals surface area contributed by atoms with Crippen LogP contribution in [0.4, 0.5) is 0 Å². The maximum Gasteiger partial charge on any atom is 0.332 e. The molecule has 0 aliphatic rings. The number of hydrogen-bond acceptors (Lipinski definition) is 3. The Bertz CT molecular complexity index is 772. The molecule has 1 heterocycles. The summed E-state index contributed by atoms with van der Waals surface area (Å²) in [4.78, 5) is 37.3. The SMILES string of the molecule is CCCCc1ccc(-n2c(=O)[nH]cc(CC(=O)O)c2=O)cc1. The third-order valence-electron chi connectivity index (χ3n) is 3.41. The lowest BCUT2D eigenvalue weighted by Gasteiger charge is -2.07. The van der Waals surface area contributed by atoms with Crippen molar-refractivity contribution in [2.45, 2.75) is 32.6 Å². The minimum atomic E-state index is -1.12. The van der Waals surface area contributed by atoms with Gasteiger partial charge in [-0.15, -0.1) is 0 Å². The molecule has 0 atom stereocenters. The number of hydrogen-bond donors (Lipinski definition) is 2. The van der Waals surface area contributed by atoms with Gasteiger partial charge >= 0.3 is 11.7 Å². The number of aromatic nitrogens is 2. The number of rotatable bonds is 6. The summed E-state index contributed by atoms with van der Waals surface area (Å²) in [6, 6.07) is 7.15. The van der Waals surface area contributed by atoms with Crippen molar-refractivity contribution < 1.29 is 9.90 Å². The Morgan fingerprint density at radius 3 is 2.50 bits per heavy atom. The quantitative estimate of drug-likeness (QED) is 0.845. The monoisotopic (exact) mass is 302 g/mol. The van der Waals surface area contributed by atoms with Crippen LogP contribution < -0.4 is 11.2 Å². The molecule has 1 aromatic heterocycles. The maximum atomic E-state index is 12.3. The zero-order valence-electron chi connectivity index (χ0n) is 12.3. The molecule has 0 unspecified atom stereocenters. The molecule has 0 aliphatic carbocycles. The van der Waals surface area contributed by atoms with Gasteiger partial charge in [-0.25, -0.2) is 9.36 Å². The van der Waals surface area contributed by atoms with Crippen molar-refractivity contribution >= 4 is 5.97 Å². The van der Waals surface area contributed by atoms with E-state index in [0.717, 1.165) is 35.6 Å². The molecule has 2 rings (SSSR count). The largest absolute Gasteiger partial charge is 0.481 e. The molecule has 0 bridgehead atoms. The van der Waals surface area contributed by atoms with Crippen LogP contribution in [-0.4, -0.2) is 20.6 Å². The maximum absolute atomic E-state index is 12.3. The highest BCUT2D eigenvalue weighted by Crippen LogP contribution is 2.09. The fourth-order valence-corrected chi connectivity index (χ4v) is 2.23. The average Bonchev–Trinajstić information content (AvgIpc) is 2.49. The first-order chi connectivity index (χ1) is 10.5. The molecule has 0 saturated heterocycles. The Morgan fingerprint density at radius 1 is 1.23 bits per heavy atom. The number of carboxylic acids is 1. The van der Waals surface area contributed by atoms with Crippen molar-refractivity contribution in [1.29, 1.82) is 0 Å². The fraction of sp³-hybridized carbons (Fsp3) is 0.312. The summed E-state index contributed by atoms with van der Waals surface area (Å²) < 4.78 is 0.960. The zero-order valence-corrected chi connectivity index (χ0v) is 12.3. The molecule has 6 heteroatoms. The average molecular weight is 302 g/mol. The second kappa shape index (κ2) is 6.89. The number of benzene rings is 1. The Kier molecular flexibility index (Phi) is 4.93. The van der Waals surface area contributed by atoms with Gasteiger partial charge in [0, 0.05) is 11.8 Å². The summed E-state index contributed by atoms with van der Waals surface area (Å²) in [5, 5.41) is 8.80. The lowest BCUT2D eigenvalue weighted by molar-refractivity contribution is -0.136. The second-order valence-electron chi connectivity index (χ2n) is 5.10. The van der Waals surface area contributed by atoms with Crippen LogP contribution in [0.25, 0.3) is 5.69 Å². The molecule has 1 aromatic carbocycles. The van der Waals surface area contributed by atoms with E-state index in [1.165, 1.54) is 0 Å². The molecule has 2 aromatic rings. The van der Waals surface area contributed by atoms with Gasteiger partial charge in [0.05, 0.1) is 12.1 Å². The molecule has 0 amide bonds. The van der Waals surface area contributed by atoms with Gasteiger partial charge in [-0.2, -0.15) is 0 Å². The predicted octanol–water partition coefficient (Wildman–Crippen LogP) is 1.50. The highest BCUT2D eigenvalue weighted by atomic mass is 16.4. The molecule has 0 aliphatic heterocycles. The number of aliphatic carboxylic acids is 1. The summed E-state index contributed by atoms with van der Waals surface area (Å²) in [6.07, 6.45) is 3.85. The van der Waals surface area contributed by atoms with Crippen LogP contribution in [0.15, 0.2) is 40.1 Å². The third kappa shape index (κ3) is 3.52. The van der Waals surface area contributed by atoms with Gasteiger partial charge in [0.15, 0.2) is 0 Å². The zero-order chi connectivity index (χ0) is 16.1. The van der Waals surface area contributed by atoms with Crippen LogP contribution in [0, 0.1) is 0 Å². The Morgan fingerprint density at radius 2 is 1.91 bits per heavy atom. The molecule has 2 N–H and O–H groups in total. The summed E-state index contributed by atoms with van der Waals surface area (Å²) in [6.45, 7) is 2.11. The lowest BCUT2D eigenvalue weighted by atomic mass is 10.1. The number of unbranched alkanes of at least 4 members (excludes halogenated alkanes) is 1. The van der Waals surface area contributed by atoms with E-state index in [2.05, 4.69) is 11.9 Å². The third-order valence-corrected chi connectivity index (χ3v) is 3.41. The summed E-state index contributed by atoms with van der Waals surface area (Å²) in [5.74, 6) is -1.12. The van der Waals surface area contributed by atoms with Gasteiger partial charge in [0.25, 0.3) is 5.56 Å². The van der Waals surface area contributed by atoms with Crippen LogP contribution in [0.5, 0.6) is 0 Å². The van der Waals surface area contributed by atoms with Crippen molar-refractivity contribution in [2.75, 3.05) is 0 Å². The van der Waals surface area contributed by atoms with E-state index in [-0.39, 0.29) is 5.56 Å². The number of H-pyrrole nitrogens is 1. The van der Waals surface area contributed by atoms with Crippen LogP contribution in [0.2, 0.25) is 0 Å². The smallest absolute Gasteiger partial charge is 0.332 e. The van der Waals surface area contributed by atoms with Crippen molar-refractivity contribution in [3.05, 3.63) is 62.4 Å². The van der Waals surface area contributed by atoms with E-state index in [0.29, 0.717) is 5.69 Å². The van der Waals surface area contributed by atoms with Crippen LogP contribution in [0.3, 0.4) is 0 Å². The van der Waals surface area contributed by atoms with Gasteiger partial charge < -0.3 is 10.1 Å². The van der Waals surface area contributed by atoms with Gasteiger partial charge in [-0.3, -0.25) is 9.59 Å². The Labute approximate surface area is 127 Å². The molecule has 22 heavy (non-hydrogen) atoms. The lowest BCUT2D eigenvalue weighted by Crippen LogP contribution is -2.36. The van der Waals surface area contributed by atoms with Gasteiger partial charge in [0.1, 0.15) is 0 Å². The first-order valence-corrected chi connectivity index (χ1v) is 7.17. The number of carboxylic acid groups (broad SMARTS) is 1. The van der Waals surface area contributed by atoms with E-state index in [9.17, 15) is 14.4 Å². The summed E-state index contributed by atoms with van der Waals surface area (Å²) >= 11 is 0. The van der Waals surface area contributed by atoms with Crippen LogP contribution >= 0.6 is 0 Å². The van der Waals surface area contributed by atoms with Gasteiger partial charge in [-0.05, 0) is 30.5 Å². The minimum Gasteiger partial charge on any atom is -0.481 e. The van der Waals surface area contributed by atoms with Crippen molar-refractivity contribution in [3.8, 4) is 5.69 Å². The first-order valence-electron chi connectivity index (χ1n) is 7.17. The minimum absolute atomic E-state index is 0.0437. The van der Waals surface area contributed by atoms with Crippen LogP contribution in [0.1, 0.15) is 30.9 Å². The van der Waals surface area contributed by atoms with E-state index in [4.69, 9.17) is 5.11 Å². The molecule has 0 radical (unpaired) electrons. The van der Waals surface area contributed by atoms with E-state index in [1.54, 1.807) is 12.1 Å². The summed E-state index contributed by atoms with van der Waals surface area (Å²) in [7, 11) is 0. The van der Waals surface area contributed by atoms with Crippen molar-refractivity contribution in [3.63, 3.8) is 0 Å². The molecule has 0 fully saturated rings. The number of nitrogens with zero attached hydrogens (tertiary/aromatic N) is 1. The molecule has 6 nitrogen and oxygen atoms in total. The molecular weight excluding hydrogens is 284 g/mol.